The number of carbonyl (C=O) groups is 2. The summed E-state index contributed by atoms with van der Waals surface area (Å²) in [7, 11) is 0. The SMILES string of the molecule is CC[C@@H](O)[C@H](C)C(=O)[C@@H](C)C=O. The fraction of sp³-hybridized carbons (Fsp3) is 0.778. The number of ketones is 1. The molecule has 0 aliphatic carbocycles. The number of carbonyl (C=O) groups excluding carboxylic acids is 2. The molecule has 0 aliphatic heterocycles. The topological polar surface area (TPSA) is 54.4 Å². The standard InChI is InChI=1S/C9H16O3/c1-4-8(11)7(3)9(12)6(2)5-10/h5-8,11H,4H2,1-3H3/t6-,7-,8+/m0/s1. The molecule has 70 valence electrons. The number of aliphatic hydroxyl groups excluding tert-OH is 1. The summed E-state index contributed by atoms with van der Waals surface area (Å²) in [4.78, 5) is 21.5. The number of hydrogen-bond donors (Lipinski definition) is 1. The molecule has 0 aliphatic rings. The van der Waals surface area contributed by atoms with Crippen molar-refractivity contribution < 1.29 is 14.7 Å². The van der Waals surface area contributed by atoms with Crippen LogP contribution in [0.5, 0.6) is 0 Å². The van der Waals surface area contributed by atoms with Gasteiger partial charge in [-0.05, 0) is 13.3 Å². The van der Waals surface area contributed by atoms with E-state index in [1.165, 1.54) is 0 Å². The van der Waals surface area contributed by atoms with Gasteiger partial charge in [0.15, 0.2) is 0 Å². The Hall–Kier alpha value is -0.700. The van der Waals surface area contributed by atoms with Crippen LogP contribution in [-0.2, 0) is 9.59 Å². The van der Waals surface area contributed by atoms with Crippen molar-refractivity contribution in [2.24, 2.45) is 11.8 Å². The first-order valence-corrected chi connectivity index (χ1v) is 4.21. The highest BCUT2D eigenvalue weighted by Crippen LogP contribution is 2.12. The number of aliphatic hydroxyl groups is 1. The molecule has 0 spiro atoms. The van der Waals surface area contributed by atoms with E-state index < -0.39 is 17.9 Å². The van der Waals surface area contributed by atoms with Gasteiger partial charge in [0.2, 0.25) is 0 Å². The van der Waals surface area contributed by atoms with Gasteiger partial charge in [-0.15, -0.1) is 0 Å². The van der Waals surface area contributed by atoms with E-state index in [1.54, 1.807) is 20.8 Å². The molecule has 0 fully saturated rings. The quantitative estimate of drug-likeness (QED) is 0.493. The van der Waals surface area contributed by atoms with Gasteiger partial charge in [-0.2, -0.15) is 0 Å². The van der Waals surface area contributed by atoms with Crippen LogP contribution in [-0.4, -0.2) is 23.3 Å². The van der Waals surface area contributed by atoms with E-state index in [9.17, 15) is 14.7 Å². The highest BCUT2D eigenvalue weighted by molar-refractivity contribution is 5.94. The van der Waals surface area contributed by atoms with Gasteiger partial charge in [0.1, 0.15) is 12.1 Å². The van der Waals surface area contributed by atoms with Crippen molar-refractivity contribution in [3.8, 4) is 0 Å². The number of Topliss-reactive ketones (excluding diaryl/α,β-unsaturated/α-hetero) is 1. The average molecular weight is 172 g/mol. The average Bonchev–Trinajstić information content (AvgIpc) is 2.12. The predicted molar refractivity (Wildman–Crippen MR) is 45.7 cm³/mol. The summed E-state index contributed by atoms with van der Waals surface area (Å²) in [5.41, 5.74) is 0. The van der Waals surface area contributed by atoms with Gasteiger partial charge in [0, 0.05) is 5.92 Å². The Bertz CT molecular complexity index is 165. The Kier molecular flexibility index (Phi) is 4.74. The lowest BCUT2D eigenvalue weighted by atomic mass is 9.91. The first-order valence-electron chi connectivity index (χ1n) is 4.21. The summed E-state index contributed by atoms with van der Waals surface area (Å²) in [6.45, 7) is 5.00. The minimum atomic E-state index is -0.625. The lowest BCUT2D eigenvalue weighted by molar-refractivity contribution is -0.132. The maximum atomic E-state index is 11.3. The van der Waals surface area contributed by atoms with Crippen molar-refractivity contribution >= 4 is 12.1 Å². The maximum absolute atomic E-state index is 11.3. The number of hydrogen-bond acceptors (Lipinski definition) is 3. The maximum Gasteiger partial charge on any atom is 0.148 e. The molecule has 3 atom stereocenters. The van der Waals surface area contributed by atoms with Crippen LogP contribution in [0.3, 0.4) is 0 Å². The van der Waals surface area contributed by atoms with Crippen LogP contribution in [0.2, 0.25) is 0 Å². The molecular formula is C9H16O3. The van der Waals surface area contributed by atoms with Crippen LogP contribution >= 0.6 is 0 Å². The van der Waals surface area contributed by atoms with Crippen molar-refractivity contribution in [1.29, 1.82) is 0 Å². The third kappa shape index (κ3) is 2.74. The third-order valence-corrected chi connectivity index (χ3v) is 2.10. The van der Waals surface area contributed by atoms with Gasteiger partial charge < -0.3 is 9.90 Å². The molecule has 12 heavy (non-hydrogen) atoms. The van der Waals surface area contributed by atoms with Crippen LogP contribution in [0.15, 0.2) is 0 Å². The van der Waals surface area contributed by atoms with Crippen LogP contribution in [0.1, 0.15) is 27.2 Å². The summed E-state index contributed by atoms with van der Waals surface area (Å²) >= 11 is 0. The zero-order chi connectivity index (χ0) is 9.72. The molecule has 0 aromatic rings. The molecule has 0 aromatic carbocycles. The summed E-state index contributed by atoms with van der Waals surface area (Å²) in [5, 5.41) is 9.30. The molecule has 0 saturated carbocycles. The number of aldehydes is 1. The number of rotatable bonds is 5. The van der Waals surface area contributed by atoms with Crippen LogP contribution in [0, 0.1) is 11.8 Å². The zero-order valence-electron chi connectivity index (χ0n) is 7.78. The van der Waals surface area contributed by atoms with E-state index in [1.807, 2.05) is 0 Å². The van der Waals surface area contributed by atoms with Gasteiger partial charge in [0.05, 0.1) is 12.0 Å². The lowest BCUT2D eigenvalue weighted by Gasteiger charge is -2.16. The molecule has 0 radical (unpaired) electrons. The smallest absolute Gasteiger partial charge is 0.148 e. The summed E-state index contributed by atoms with van der Waals surface area (Å²) < 4.78 is 0. The Morgan fingerprint density at radius 1 is 1.50 bits per heavy atom. The van der Waals surface area contributed by atoms with Crippen molar-refractivity contribution in [2.75, 3.05) is 0 Å². The molecule has 0 heterocycles. The minimum absolute atomic E-state index is 0.181. The predicted octanol–water partition coefficient (Wildman–Crippen LogP) is 0.797. The fourth-order valence-corrected chi connectivity index (χ4v) is 1.02. The molecule has 0 saturated heterocycles. The van der Waals surface area contributed by atoms with E-state index in [4.69, 9.17) is 0 Å². The minimum Gasteiger partial charge on any atom is -0.392 e. The molecule has 0 unspecified atom stereocenters. The Labute approximate surface area is 72.8 Å². The third-order valence-electron chi connectivity index (χ3n) is 2.10. The van der Waals surface area contributed by atoms with Crippen LogP contribution < -0.4 is 0 Å². The summed E-state index contributed by atoms with van der Waals surface area (Å²) in [5.74, 6) is -1.21. The van der Waals surface area contributed by atoms with Crippen molar-refractivity contribution in [3.63, 3.8) is 0 Å². The van der Waals surface area contributed by atoms with E-state index in [2.05, 4.69) is 0 Å². The Balaban J connectivity index is 4.18. The second kappa shape index (κ2) is 5.04. The second-order valence-corrected chi connectivity index (χ2v) is 3.09. The van der Waals surface area contributed by atoms with Crippen molar-refractivity contribution in [1.82, 2.24) is 0 Å². The van der Waals surface area contributed by atoms with E-state index in [0.717, 1.165) is 0 Å². The molecular weight excluding hydrogens is 156 g/mol. The molecule has 0 bridgehead atoms. The summed E-state index contributed by atoms with van der Waals surface area (Å²) in [6.07, 6.45) is 0.527. The fourth-order valence-electron chi connectivity index (χ4n) is 1.02. The van der Waals surface area contributed by atoms with E-state index in [0.29, 0.717) is 12.7 Å². The van der Waals surface area contributed by atoms with E-state index >= 15 is 0 Å². The van der Waals surface area contributed by atoms with Gasteiger partial charge in [0.25, 0.3) is 0 Å². The molecule has 1 N–H and O–H groups in total. The molecule has 0 aromatic heterocycles. The lowest BCUT2D eigenvalue weighted by Crippen LogP contribution is -2.29. The molecule has 0 rings (SSSR count). The van der Waals surface area contributed by atoms with E-state index in [-0.39, 0.29) is 5.78 Å². The van der Waals surface area contributed by atoms with Crippen molar-refractivity contribution in [2.45, 2.75) is 33.3 Å². The Morgan fingerprint density at radius 2 is 2.00 bits per heavy atom. The molecule has 0 amide bonds. The summed E-state index contributed by atoms with van der Waals surface area (Å²) in [6, 6.07) is 0. The first kappa shape index (κ1) is 11.3. The Morgan fingerprint density at radius 3 is 2.33 bits per heavy atom. The van der Waals surface area contributed by atoms with Crippen molar-refractivity contribution in [3.05, 3.63) is 0 Å². The van der Waals surface area contributed by atoms with Crippen LogP contribution in [0.4, 0.5) is 0 Å². The molecule has 3 heteroatoms. The van der Waals surface area contributed by atoms with Gasteiger partial charge >= 0.3 is 0 Å². The largest absolute Gasteiger partial charge is 0.392 e. The van der Waals surface area contributed by atoms with Gasteiger partial charge in [-0.25, -0.2) is 0 Å². The van der Waals surface area contributed by atoms with Gasteiger partial charge in [-0.3, -0.25) is 4.79 Å². The highest BCUT2D eigenvalue weighted by Gasteiger charge is 2.24. The van der Waals surface area contributed by atoms with Gasteiger partial charge in [-0.1, -0.05) is 13.8 Å². The normalized spacial score (nSPS) is 18.0. The zero-order valence-corrected chi connectivity index (χ0v) is 7.78. The first-order chi connectivity index (χ1) is 5.54. The second-order valence-electron chi connectivity index (χ2n) is 3.09. The monoisotopic (exact) mass is 172 g/mol. The molecule has 3 nitrogen and oxygen atoms in total. The highest BCUT2D eigenvalue weighted by atomic mass is 16.3. The van der Waals surface area contributed by atoms with Crippen LogP contribution in [0.25, 0.3) is 0 Å².